The van der Waals surface area contributed by atoms with Crippen molar-refractivity contribution in [2.24, 2.45) is 5.92 Å². The lowest BCUT2D eigenvalue weighted by molar-refractivity contribution is -0.135. The molecular formula is C28H33Br2FN4O4. The fraction of sp³-hybridized carbons (Fsp3) is 0.464. The standard InChI is InChI=1S/C28H33Br2FN4O4/c1-33(23-13-19(29)12-20(30)14-23)28(38)34(2)25-16-35(15-24(25)17-4-8-21(31)9-5-17)26(36)18-6-10-22(11-7-18)32-27(37)39-3/h4-5,8-9,12-14,18,22,24-25H,6-7,10-11,15-16H2,1-3H3,(H,32,37)/t18-,22-,24-,25+/m0/s1. The summed E-state index contributed by atoms with van der Waals surface area (Å²) in [6, 6.07) is 11.4. The Kier molecular flexibility index (Phi) is 9.53. The SMILES string of the molecule is COC(=O)N[C@H]1CC[C@H](C(=O)N2C[C@@H](N(C)C(=O)N(C)c3cc(Br)cc(Br)c3)[C@H](c3ccc(F)cc3)C2)CC1. The number of hydrogen-bond donors (Lipinski definition) is 1. The number of anilines is 1. The van der Waals surface area contributed by atoms with Crippen LogP contribution in [0.3, 0.4) is 0 Å². The fourth-order valence-electron chi connectivity index (χ4n) is 5.59. The molecule has 11 heteroatoms. The van der Waals surface area contributed by atoms with Crippen LogP contribution in [-0.2, 0) is 9.53 Å². The van der Waals surface area contributed by atoms with Crippen molar-refractivity contribution in [3.8, 4) is 0 Å². The predicted molar refractivity (Wildman–Crippen MR) is 154 cm³/mol. The van der Waals surface area contributed by atoms with E-state index in [4.69, 9.17) is 4.74 Å². The average Bonchev–Trinajstić information content (AvgIpc) is 3.37. The zero-order valence-corrected chi connectivity index (χ0v) is 25.4. The Morgan fingerprint density at radius 2 is 1.59 bits per heavy atom. The molecule has 2 aromatic rings. The van der Waals surface area contributed by atoms with Crippen molar-refractivity contribution in [2.75, 3.05) is 39.2 Å². The lowest BCUT2D eigenvalue weighted by Crippen LogP contribution is -2.48. The van der Waals surface area contributed by atoms with Crippen LogP contribution in [0.2, 0.25) is 0 Å². The normalized spacial score (nSPS) is 22.8. The van der Waals surface area contributed by atoms with E-state index in [9.17, 15) is 18.8 Å². The molecule has 2 fully saturated rings. The number of likely N-dealkylation sites (N-methyl/N-ethyl adjacent to an activating group) is 1. The third-order valence-corrected chi connectivity index (χ3v) is 8.72. The van der Waals surface area contributed by atoms with Gasteiger partial charge in [-0.1, -0.05) is 44.0 Å². The van der Waals surface area contributed by atoms with Crippen molar-refractivity contribution < 1.29 is 23.5 Å². The molecule has 2 aliphatic rings. The minimum absolute atomic E-state index is 0.00265. The van der Waals surface area contributed by atoms with Gasteiger partial charge in [0.15, 0.2) is 0 Å². The van der Waals surface area contributed by atoms with Gasteiger partial charge in [-0.05, 0) is 61.6 Å². The van der Waals surface area contributed by atoms with Crippen LogP contribution in [0.4, 0.5) is 19.7 Å². The van der Waals surface area contributed by atoms with Crippen molar-refractivity contribution in [1.29, 1.82) is 0 Å². The maximum atomic E-state index is 13.7. The molecule has 0 bridgehead atoms. The van der Waals surface area contributed by atoms with Gasteiger partial charge in [0.25, 0.3) is 0 Å². The molecule has 1 heterocycles. The summed E-state index contributed by atoms with van der Waals surface area (Å²) < 4.78 is 20.1. The highest BCUT2D eigenvalue weighted by Gasteiger charge is 2.42. The summed E-state index contributed by atoms with van der Waals surface area (Å²) in [7, 11) is 4.81. The predicted octanol–water partition coefficient (Wildman–Crippen LogP) is 5.75. The van der Waals surface area contributed by atoms with Crippen molar-refractivity contribution in [3.63, 3.8) is 0 Å². The molecule has 2 aromatic carbocycles. The third-order valence-electron chi connectivity index (χ3n) is 7.80. The number of carbonyl (C=O) groups is 3. The van der Waals surface area contributed by atoms with Gasteiger partial charge in [-0.3, -0.25) is 9.69 Å². The Morgan fingerprint density at radius 1 is 0.974 bits per heavy atom. The molecule has 0 aromatic heterocycles. The Balaban J connectivity index is 1.50. The molecule has 1 aliphatic heterocycles. The number of likely N-dealkylation sites (tertiary alicyclic amines) is 1. The van der Waals surface area contributed by atoms with E-state index in [-0.39, 0.29) is 41.7 Å². The first-order valence-electron chi connectivity index (χ1n) is 12.9. The average molecular weight is 668 g/mol. The topological polar surface area (TPSA) is 82.2 Å². The molecule has 1 aliphatic carbocycles. The first kappa shape index (κ1) is 29.3. The zero-order chi connectivity index (χ0) is 28.3. The van der Waals surface area contributed by atoms with Gasteiger partial charge >= 0.3 is 12.1 Å². The summed E-state index contributed by atoms with van der Waals surface area (Å²) in [4.78, 5) is 43.9. The van der Waals surface area contributed by atoms with Gasteiger partial charge in [0.2, 0.25) is 5.91 Å². The van der Waals surface area contributed by atoms with Gasteiger partial charge in [-0.15, -0.1) is 0 Å². The van der Waals surface area contributed by atoms with Crippen LogP contribution in [0.5, 0.6) is 0 Å². The largest absolute Gasteiger partial charge is 0.453 e. The number of amides is 4. The summed E-state index contributed by atoms with van der Waals surface area (Å²) in [6.07, 6.45) is 2.30. The molecule has 1 saturated carbocycles. The Hall–Kier alpha value is -2.66. The van der Waals surface area contributed by atoms with Gasteiger partial charge in [0.1, 0.15) is 5.82 Å². The van der Waals surface area contributed by atoms with E-state index in [1.54, 1.807) is 36.0 Å². The van der Waals surface area contributed by atoms with Gasteiger partial charge < -0.3 is 19.9 Å². The Morgan fingerprint density at radius 3 is 2.18 bits per heavy atom. The highest BCUT2D eigenvalue weighted by atomic mass is 79.9. The smallest absolute Gasteiger partial charge is 0.407 e. The molecule has 0 radical (unpaired) electrons. The van der Waals surface area contributed by atoms with Gasteiger partial charge in [-0.25, -0.2) is 14.0 Å². The summed E-state index contributed by atoms with van der Waals surface area (Å²) in [5.41, 5.74) is 1.60. The molecule has 2 atom stereocenters. The fourth-order valence-corrected chi connectivity index (χ4v) is 6.86. The number of methoxy groups -OCH3 is 1. The number of rotatable bonds is 5. The molecule has 1 N–H and O–H groups in total. The van der Waals surface area contributed by atoms with Crippen molar-refractivity contribution in [1.82, 2.24) is 15.1 Å². The molecular weight excluding hydrogens is 635 g/mol. The van der Waals surface area contributed by atoms with Crippen LogP contribution < -0.4 is 10.2 Å². The second-order valence-electron chi connectivity index (χ2n) is 10.2. The Bertz CT molecular complexity index is 1190. The van der Waals surface area contributed by atoms with Crippen molar-refractivity contribution >= 4 is 55.6 Å². The minimum atomic E-state index is -0.456. The van der Waals surface area contributed by atoms with Crippen LogP contribution in [0, 0.1) is 11.7 Å². The number of hydrogen-bond acceptors (Lipinski definition) is 4. The highest BCUT2D eigenvalue weighted by molar-refractivity contribution is 9.11. The zero-order valence-electron chi connectivity index (χ0n) is 22.2. The number of halogens is 3. The monoisotopic (exact) mass is 666 g/mol. The summed E-state index contributed by atoms with van der Waals surface area (Å²) in [5.74, 6) is -0.575. The summed E-state index contributed by atoms with van der Waals surface area (Å²) in [6.45, 7) is 0.832. The van der Waals surface area contributed by atoms with E-state index >= 15 is 0 Å². The number of nitrogens with one attached hydrogen (secondary N) is 1. The molecule has 210 valence electrons. The minimum Gasteiger partial charge on any atom is -0.453 e. The maximum absolute atomic E-state index is 13.7. The number of ether oxygens (including phenoxy) is 1. The number of nitrogens with zero attached hydrogens (tertiary/aromatic N) is 3. The number of benzene rings is 2. The first-order valence-corrected chi connectivity index (χ1v) is 14.5. The Labute approximate surface area is 245 Å². The number of urea groups is 1. The highest BCUT2D eigenvalue weighted by Crippen LogP contribution is 2.35. The van der Waals surface area contributed by atoms with E-state index in [0.29, 0.717) is 38.8 Å². The molecule has 8 nitrogen and oxygen atoms in total. The van der Waals surface area contributed by atoms with Crippen molar-refractivity contribution in [3.05, 3.63) is 62.8 Å². The van der Waals surface area contributed by atoms with E-state index in [2.05, 4.69) is 37.2 Å². The molecule has 4 rings (SSSR count). The molecule has 39 heavy (non-hydrogen) atoms. The first-order chi connectivity index (χ1) is 18.6. The van der Waals surface area contributed by atoms with Crippen LogP contribution in [-0.4, -0.2) is 74.2 Å². The van der Waals surface area contributed by atoms with E-state index in [1.165, 1.54) is 19.2 Å². The van der Waals surface area contributed by atoms with Crippen LogP contribution in [0.1, 0.15) is 37.2 Å². The summed E-state index contributed by atoms with van der Waals surface area (Å²) >= 11 is 6.95. The quantitative estimate of drug-likeness (QED) is 0.441. The van der Waals surface area contributed by atoms with Crippen molar-refractivity contribution in [2.45, 2.75) is 43.7 Å². The van der Waals surface area contributed by atoms with Crippen LogP contribution >= 0.6 is 31.9 Å². The van der Waals surface area contributed by atoms with Crippen LogP contribution in [0.15, 0.2) is 51.4 Å². The molecule has 0 unspecified atom stereocenters. The van der Waals surface area contributed by atoms with E-state index in [1.807, 2.05) is 23.1 Å². The number of carbonyl (C=O) groups excluding carboxylic acids is 3. The molecule has 1 saturated heterocycles. The maximum Gasteiger partial charge on any atom is 0.407 e. The molecule has 0 spiro atoms. The lowest BCUT2D eigenvalue weighted by atomic mass is 9.85. The van der Waals surface area contributed by atoms with Gasteiger partial charge in [-0.2, -0.15) is 0 Å². The third kappa shape index (κ3) is 6.92. The van der Waals surface area contributed by atoms with E-state index < -0.39 is 6.09 Å². The number of alkyl carbamates (subject to hydrolysis) is 1. The second kappa shape index (κ2) is 12.7. The second-order valence-corrected chi connectivity index (χ2v) is 12.1. The lowest BCUT2D eigenvalue weighted by Gasteiger charge is -2.33. The van der Waals surface area contributed by atoms with Gasteiger partial charge in [0, 0.05) is 59.7 Å². The van der Waals surface area contributed by atoms with Gasteiger partial charge in [0.05, 0.1) is 13.2 Å². The summed E-state index contributed by atoms with van der Waals surface area (Å²) in [5, 5.41) is 2.82. The van der Waals surface area contributed by atoms with Crippen LogP contribution in [0.25, 0.3) is 0 Å². The van der Waals surface area contributed by atoms with E-state index in [0.717, 1.165) is 20.2 Å². The molecule has 4 amide bonds.